The predicted octanol–water partition coefficient (Wildman–Crippen LogP) is 2.57. The Morgan fingerprint density at radius 2 is 2.03 bits per heavy atom. The van der Waals surface area contributed by atoms with Gasteiger partial charge in [0, 0.05) is 49.6 Å². The van der Waals surface area contributed by atoms with Crippen molar-refractivity contribution in [3.05, 3.63) is 42.7 Å². The maximum Gasteiger partial charge on any atom is 0.317 e. The number of rotatable bonds is 6. The molecule has 0 unspecified atom stereocenters. The van der Waals surface area contributed by atoms with Gasteiger partial charge in [0.25, 0.3) is 0 Å². The molecule has 0 radical (unpaired) electrons. The van der Waals surface area contributed by atoms with E-state index < -0.39 is 22.2 Å². The third-order valence-corrected chi connectivity index (χ3v) is 7.89. The number of carbonyl (C=O) groups is 1. The highest BCUT2D eigenvalue weighted by atomic mass is 32.2. The number of hydrogen-bond donors (Lipinski definition) is 2. The molecular formula is C24H34N4O5S. The number of aromatic nitrogens is 1. The fourth-order valence-corrected chi connectivity index (χ4v) is 5.69. The zero-order chi connectivity index (χ0) is 25.0. The monoisotopic (exact) mass is 490 g/mol. The molecule has 1 aliphatic rings. The van der Waals surface area contributed by atoms with Crippen LogP contribution in [0.5, 0.6) is 5.75 Å². The number of fused-ring (bicyclic) bond motifs is 1. The summed E-state index contributed by atoms with van der Waals surface area (Å²) in [5.41, 5.74) is 1.59. The molecule has 2 amide bonds. The Morgan fingerprint density at radius 1 is 1.29 bits per heavy atom. The number of pyridine rings is 1. The normalized spacial score (nSPS) is 21.0. The molecule has 1 aliphatic heterocycles. The van der Waals surface area contributed by atoms with E-state index in [2.05, 4.69) is 10.3 Å². The predicted molar refractivity (Wildman–Crippen MR) is 130 cm³/mol. The van der Waals surface area contributed by atoms with Crippen molar-refractivity contribution >= 4 is 16.1 Å². The van der Waals surface area contributed by atoms with E-state index >= 15 is 0 Å². The minimum absolute atomic E-state index is 0.0144. The van der Waals surface area contributed by atoms with E-state index in [1.54, 1.807) is 43.4 Å². The van der Waals surface area contributed by atoms with Crippen molar-refractivity contribution in [3.8, 4) is 16.9 Å². The third kappa shape index (κ3) is 5.68. The fraction of sp³-hybridized carbons (Fsp3) is 0.500. The van der Waals surface area contributed by atoms with Gasteiger partial charge in [0.05, 0.1) is 13.2 Å². The number of urea groups is 1. The van der Waals surface area contributed by atoms with Crippen molar-refractivity contribution in [1.29, 1.82) is 0 Å². The second-order valence-corrected chi connectivity index (χ2v) is 11.0. The second-order valence-electron chi connectivity index (χ2n) is 9.13. The molecule has 2 aromatic rings. The molecule has 2 N–H and O–H groups in total. The van der Waals surface area contributed by atoms with E-state index in [1.165, 1.54) is 10.4 Å². The number of sulfonamides is 1. The van der Waals surface area contributed by atoms with Gasteiger partial charge in [-0.2, -0.15) is 4.31 Å². The molecule has 0 saturated heterocycles. The molecule has 2 heterocycles. The van der Waals surface area contributed by atoms with Crippen LogP contribution in [0.25, 0.3) is 11.1 Å². The zero-order valence-electron chi connectivity index (χ0n) is 20.3. The van der Waals surface area contributed by atoms with Gasteiger partial charge in [-0.1, -0.05) is 19.1 Å². The van der Waals surface area contributed by atoms with Gasteiger partial charge in [0.1, 0.15) is 16.7 Å². The topological polar surface area (TPSA) is 112 Å². The maximum absolute atomic E-state index is 13.6. The van der Waals surface area contributed by atoms with Gasteiger partial charge >= 0.3 is 6.03 Å². The van der Waals surface area contributed by atoms with E-state index in [9.17, 15) is 18.3 Å². The minimum atomic E-state index is -3.93. The summed E-state index contributed by atoms with van der Waals surface area (Å²) in [7, 11) is -2.25. The van der Waals surface area contributed by atoms with Crippen LogP contribution in [0.2, 0.25) is 0 Å². The Balaban J connectivity index is 2.06. The van der Waals surface area contributed by atoms with Gasteiger partial charge < -0.3 is 20.1 Å². The molecule has 10 heteroatoms. The van der Waals surface area contributed by atoms with Crippen molar-refractivity contribution in [2.24, 2.45) is 5.92 Å². The summed E-state index contributed by atoms with van der Waals surface area (Å²) in [5.74, 6) is -0.0426. The molecule has 3 atom stereocenters. The first kappa shape index (κ1) is 25.9. The maximum atomic E-state index is 13.6. The number of benzene rings is 1. The summed E-state index contributed by atoms with van der Waals surface area (Å²) in [6.07, 6.45) is 2.89. The summed E-state index contributed by atoms with van der Waals surface area (Å²) in [4.78, 5) is 18.2. The lowest BCUT2D eigenvalue weighted by atomic mass is 10.0. The summed E-state index contributed by atoms with van der Waals surface area (Å²) in [6.45, 7) is 7.44. The lowest BCUT2D eigenvalue weighted by Crippen LogP contribution is -2.51. The Bertz CT molecular complexity index is 1090. The Morgan fingerprint density at radius 3 is 2.65 bits per heavy atom. The average molecular weight is 491 g/mol. The fourth-order valence-electron chi connectivity index (χ4n) is 3.87. The van der Waals surface area contributed by atoms with E-state index in [-0.39, 0.29) is 48.3 Å². The molecule has 0 bridgehead atoms. The molecule has 1 aromatic heterocycles. The van der Waals surface area contributed by atoms with Crippen LogP contribution in [-0.2, 0) is 10.0 Å². The van der Waals surface area contributed by atoms with Gasteiger partial charge in [-0.3, -0.25) is 4.98 Å². The van der Waals surface area contributed by atoms with E-state index in [0.29, 0.717) is 0 Å². The van der Waals surface area contributed by atoms with Crippen molar-refractivity contribution in [2.75, 3.05) is 26.7 Å². The molecule has 1 aromatic carbocycles. The first-order chi connectivity index (χ1) is 16.0. The minimum Gasteiger partial charge on any atom is -0.487 e. The second kappa shape index (κ2) is 10.7. The lowest BCUT2D eigenvalue weighted by Gasteiger charge is -2.37. The van der Waals surface area contributed by atoms with Crippen LogP contribution < -0.4 is 10.1 Å². The standard InChI is InChI=1S/C24H34N4O5S/c1-16(2)26-24(30)27(5)14-22-17(3)13-28(18(4)15-29)34(31,32)23-9-8-19(11-21(23)33-22)20-7-6-10-25-12-20/h6-12,16-18,22,29H,13-15H2,1-5H3,(H,26,30)/t17-,18-,22-/m0/s1. The molecule has 186 valence electrons. The van der Waals surface area contributed by atoms with Crippen molar-refractivity contribution in [2.45, 2.75) is 50.8 Å². The number of nitrogens with zero attached hydrogens (tertiary/aromatic N) is 3. The molecule has 0 saturated carbocycles. The quantitative estimate of drug-likeness (QED) is 0.644. The lowest BCUT2D eigenvalue weighted by molar-refractivity contribution is 0.0810. The Kier molecular flexibility index (Phi) is 8.17. The number of aliphatic hydroxyl groups excluding tert-OH is 1. The summed E-state index contributed by atoms with van der Waals surface area (Å²) >= 11 is 0. The van der Waals surface area contributed by atoms with Gasteiger partial charge in [-0.15, -0.1) is 0 Å². The largest absolute Gasteiger partial charge is 0.487 e. The average Bonchev–Trinajstić information content (AvgIpc) is 2.80. The number of hydrogen-bond acceptors (Lipinski definition) is 6. The summed E-state index contributed by atoms with van der Waals surface area (Å²) in [5, 5.41) is 12.6. The van der Waals surface area contributed by atoms with Crippen LogP contribution >= 0.6 is 0 Å². The SMILES string of the molecule is CC(C)NC(=O)N(C)C[C@@H]1Oc2cc(-c3cccnc3)ccc2S(=O)(=O)N([C@@H](C)CO)C[C@@H]1C. The van der Waals surface area contributed by atoms with Gasteiger partial charge in [0.2, 0.25) is 10.0 Å². The highest BCUT2D eigenvalue weighted by Crippen LogP contribution is 2.36. The molecule has 3 rings (SSSR count). The smallest absolute Gasteiger partial charge is 0.317 e. The Labute approximate surface area is 201 Å². The van der Waals surface area contributed by atoms with E-state index in [0.717, 1.165) is 11.1 Å². The number of ether oxygens (including phenoxy) is 1. The van der Waals surface area contributed by atoms with Gasteiger partial charge in [0.15, 0.2) is 0 Å². The van der Waals surface area contributed by atoms with Crippen LogP contribution in [0, 0.1) is 5.92 Å². The molecule has 0 spiro atoms. The molecule has 9 nitrogen and oxygen atoms in total. The summed E-state index contributed by atoms with van der Waals surface area (Å²) < 4.78 is 34.8. The highest BCUT2D eigenvalue weighted by Gasteiger charge is 2.38. The zero-order valence-corrected chi connectivity index (χ0v) is 21.1. The first-order valence-electron chi connectivity index (χ1n) is 11.4. The summed E-state index contributed by atoms with van der Waals surface area (Å²) in [6, 6.07) is 7.79. The molecule has 34 heavy (non-hydrogen) atoms. The molecule has 0 aliphatic carbocycles. The van der Waals surface area contributed by atoms with Crippen molar-refractivity contribution < 1.29 is 23.1 Å². The van der Waals surface area contributed by atoms with Crippen LogP contribution in [-0.4, -0.2) is 78.7 Å². The van der Waals surface area contributed by atoms with E-state index in [1.807, 2.05) is 32.9 Å². The van der Waals surface area contributed by atoms with Crippen LogP contribution in [0.1, 0.15) is 27.7 Å². The molecule has 0 fully saturated rings. The third-order valence-electron chi connectivity index (χ3n) is 5.87. The van der Waals surface area contributed by atoms with Crippen LogP contribution in [0.15, 0.2) is 47.6 Å². The van der Waals surface area contributed by atoms with E-state index in [4.69, 9.17) is 4.74 Å². The number of amides is 2. The number of carbonyl (C=O) groups excluding carboxylic acids is 1. The number of nitrogens with one attached hydrogen (secondary N) is 1. The van der Waals surface area contributed by atoms with Crippen LogP contribution in [0.4, 0.5) is 4.79 Å². The number of likely N-dealkylation sites (N-methyl/N-ethyl adjacent to an activating group) is 1. The van der Waals surface area contributed by atoms with Crippen molar-refractivity contribution in [3.63, 3.8) is 0 Å². The van der Waals surface area contributed by atoms with Crippen molar-refractivity contribution in [1.82, 2.24) is 19.5 Å². The first-order valence-corrected chi connectivity index (χ1v) is 12.8. The van der Waals surface area contributed by atoms with Gasteiger partial charge in [-0.25, -0.2) is 13.2 Å². The molecular weight excluding hydrogens is 456 g/mol. The van der Waals surface area contributed by atoms with Crippen LogP contribution in [0.3, 0.4) is 0 Å². The Hall–Kier alpha value is -2.69. The number of aliphatic hydroxyl groups is 1. The highest BCUT2D eigenvalue weighted by molar-refractivity contribution is 7.89. The van der Waals surface area contributed by atoms with Gasteiger partial charge in [-0.05, 0) is 44.5 Å².